The number of hydrogen-bond acceptors (Lipinski definition) is 3. The van der Waals surface area contributed by atoms with Crippen molar-refractivity contribution < 1.29 is 10.2 Å². The van der Waals surface area contributed by atoms with Gasteiger partial charge >= 0.3 is 0 Å². The van der Waals surface area contributed by atoms with Crippen LogP contribution in [0.5, 0.6) is 0 Å². The SMILES string of the molecule is CC(CO)N(c1ccc(Cl)cc1)C(C)CO. The lowest BCUT2D eigenvalue weighted by atomic mass is 10.1. The third kappa shape index (κ3) is 3.11. The second-order valence-electron chi connectivity index (χ2n) is 3.95. The van der Waals surface area contributed by atoms with Gasteiger partial charge in [-0.05, 0) is 38.1 Å². The van der Waals surface area contributed by atoms with Gasteiger partial charge in [-0.2, -0.15) is 0 Å². The van der Waals surface area contributed by atoms with Crippen LogP contribution in [-0.4, -0.2) is 35.5 Å². The molecule has 2 N–H and O–H groups in total. The molecule has 4 heteroatoms. The first-order valence-corrected chi connectivity index (χ1v) is 5.73. The summed E-state index contributed by atoms with van der Waals surface area (Å²) in [6.07, 6.45) is 0. The molecule has 1 rings (SSSR count). The first-order chi connectivity index (χ1) is 7.60. The average Bonchev–Trinajstić information content (AvgIpc) is 2.31. The lowest BCUT2D eigenvalue weighted by Crippen LogP contribution is -2.44. The van der Waals surface area contributed by atoms with Crippen LogP contribution in [0, 0.1) is 0 Å². The molecule has 0 aliphatic heterocycles. The highest BCUT2D eigenvalue weighted by Crippen LogP contribution is 2.22. The van der Waals surface area contributed by atoms with Crippen LogP contribution in [0.4, 0.5) is 5.69 Å². The Balaban J connectivity index is 2.96. The number of rotatable bonds is 5. The highest BCUT2D eigenvalue weighted by Gasteiger charge is 2.19. The van der Waals surface area contributed by atoms with Gasteiger partial charge in [-0.25, -0.2) is 0 Å². The molecule has 0 saturated carbocycles. The standard InChI is InChI=1S/C12H18ClNO2/c1-9(7-15)14(10(2)8-16)12-5-3-11(13)4-6-12/h3-6,9-10,15-16H,7-8H2,1-2H3. The van der Waals surface area contributed by atoms with E-state index in [1.807, 2.05) is 30.9 Å². The minimum atomic E-state index is -0.0386. The maximum absolute atomic E-state index is 9.22. The van der Waals surface area contributed by atoms with Crippen molar-refractivity contribution in [1.29, 1.82) is 0 Å². The molecule has 16 heavy (non-hydrogen) atoms. The lowest BCUT2D eigenvalue weighted by Gasteiger charge is -2.35. The predicted molar refractivity (Wildman–Crippen MR) is 67.0 cm³/mol. The first-order valence-electron chi connectivity index (χ1n) is 5.35. The van der Waals surface area contributed by atoms with Gasteiger partial charge in [0, 0.05) is 22.8 Å². The number of aliphatic hydroxyl groups is 2. The van der Waals surface area contributed by atoms with Crippen LogP contribution in [0.15, 0.2) is 24.3 Å². The smallest absolute Gasteiger partial charge is 0.0632 e. The molecule has 1 aromatic carbocycles. The summed E-state index contributed by atoms with van der Waals surface area (Å²) in [5.41, 5.74) is 0.951. The number of hydrogen-bond donors (Lipinski definition) is 2. The van der Waals surface area contributed by atoms with Crippen molar-refractivity contribution in [3.05, 3.63) is 29.3 Å². The summed E-state index contributed by atoms with van der Waals surface area (Å²) in [5.74, 6) is 0. The van der Waals surface area contributed by atoms with Crippen molar-refractivity contribution >= 4 is 17.3 Å². The average molecular weight is 244 g/mol. The maximum atomic E-state index is 9.22. The van der Waals surface area contributed by atoms with Gasteiger partial charge in [0.25, 0.3) is 0 Å². The summed E-state index contributed by atoms with van der Waals surface area (Å²) in [6.45, 7) is 3.93. The van der Waals surface area contributed by atoms with Gasteiger partial charge in [0.1, 0.15) is 0 Å². The zero-order valence-corrected chi connectivity index (χ0v) is 10.4. The van der Waals surface area contributed by atoms with Gasteiger partial charge in [0.15, 0.2) is 0 Å². The largest absolute Gasteiger partial charge is 0.394 e. The van der Waals surface area contributed by atoms with E-state index in [-0.39, 0.29) is 25.3 Å². The van der Waals surface area contributed by atoms with E-state index in [1.54, 1.807) is 12.1 Å². The molecule has 0 saturated heterocycles. The second-order valence-corrected chi connectivity index (χ2v) is 4.38. The second kappa shape index (κ2) is 6.09. The number of aliphatic hydroxyl groups excluding tert-OH is 2. The molecule has 3 nitrogen and oxygen atoms in total. The van der Waals surface area contributed by atoms with Crippen LogP contribution in [0.2, 0.25) is 5.02 Å². The van der Waals surface area contributed by atoms with Gasteiger partial charge in [-0.1, -0.05) is 11.6 Å². The number of anilines is 1. The fourth-order valence-corrected chi connectivity index (χ4v) is 1.86. The molecular weight excluding hydrogens is 226 g/mol. The van der Waals surface area contributed by atoms with E-state index in [0.29, 0.717) is 5.02 Å². The summed E-state index contributed by atoms with van der Waals surface area (Å²) in [7, 11) is 0. The Bertz CT molecular complexity index is 305. The molecule has 0 spiro atoms. The zero-order valence-electron chi connectivity index (χ0n) is 9.60. The number of benzene rings is 1. The van der Waals surface area contributed by atoms with E-state index in [2.05, 4.69) is 0 Å². The first kappa shape index (κ1) is 13.3. The van der Waals surface area contributed by atoms with Gasteiger partial charge in [-0.3, -0.25) is 0 Å². The molecule has 0 aliphatic rings. The zero-order chi connectivity index (χ0) is 12.1. The van der Waals surface area contributed by atoms with Crippen LogP contribution < -0.4 is 4.90 Å². The predicted octanol–water partition coefficient (Wildman–Crippen LogP) is 1.91. The van der Waals surface area contributed by atoms with Crippen molar-refractivity contribution in [2.45, 2.75) is 25.9 Å². The van der Waals surface area contributed by atoms with E-state index >= 15 is 0 Å². The van der Waals surface area contributed by atoms with E-state index < -0.39 is 0 Å². The quantitative estimate of drug-likeness (QED) is 0.830. The molecule has 2 atom stereocenters. The number of halogens is 1. The molecule has 2 unspecified atom stereocenters. The molecule has 0 fully saturated rings. The molecule has 0 aliphatic carbocycles. The Kier molecular flexibility index (Phi) is 5.06. The highest BCUT2D eigenvalue weighted by molar-refractivity contribution is 6.30. The minimum absolute atomic E-state index is 0.0386. The van der Waals surface area contributed by atoms with E-state index in [0.717, 1.165) is 5.69 Å². The molecule has 0 radical (unpaired) electrons. The normalized spacial score (nSPS) is 14.6. The van der Waals surface area contributed by atoms with Crippen LogP contribution >= 0.6 is 11.6 Å². The van der Waals surface area contributed by atoms with Crippen molar-refractivity contribution in [3.63, 3.8) is 0 Å². The highest BCUT2D eigenvalue weighted by atomic mass is 35.5. The Morgan fingerprint density at radius 1 is 1.06 bits per heavy atom. The summed E-state index contributed by atoms with van der Waals surface area (Å²) in [5, 5.41) is 19.1. The fraction of sp³-hybridized carbons (Fsp3) is 0.500. The fourth-order valence-electron chi connectivity index (χ4n) is 1.73. The monoisotopic (exact) mass is 243 g/mol. The van der Waals surface area contributed by atoms with Gasteiger partial charge in [-0.15, -0.1) is 0 Å². The van der Waals surface area contributed by atoms with Gasteiger partial charge in [0.05, 0.1) is 13.2 Å². The number of nitrogens with zero attached hydrogens (tertiary/aromatic N) is 1. The Labute approximate surface area is 101 Å². The topological polar surface area (TPSA) is 43.7 Å². The summed E-state index contributed by atoms with van der Waals surface area (Å²) < 4.78 is 0. The third-order valence-electron chi connectivity index (χ3n) is 2.60. The molecule has 0 aromatic heterocycles. The van der Waals surface area contributed by atoms with Gasteiger partial charge < -0.3 is 15.1 Å². The van der Waals surface area contributed by atoms with Crippen molar-refractivity contribution in [1.82, 2.24) is 0 Å². The van der Waals surface area contributed by atoms with Crippen LogP contribution in [0.1, 0.15) is 13.8 Å². The van der Waals surface area contributed by atoms with Crippen LogP contribution in [-0.2, 0) is 0 Å². The third-order valence-corrected chi connectivity index (χ3v) is 2.85. The van der Waals surface area contributed by atoms with Crippen molar-refractivity contribution in [3.8, 4) is 0 Å². The molecule has 0 heterocycles. The minimum Gasteiger partial charge on any atom is -0.394 e. The Morgan fingerprint density at radius 2 is 1.50 bits per heavy atom. The van der Waals surface area contributed by atoms with Gasteiger partial charge in [0.2, 0.25) is 0 Å². The van der Waals surface area contributed by atoms with Crippen LogP contribution in [0.3, 0.4) is 0 Å². The summed E-state index contributed by atoms with van der Waals surface area (Å²) >= 11 is 5.83. The Hall–Kier alpha value is -0.770. The van der Waals surface area contributed by atoms with E-state index in [1.165, 1.54) is 0 Å². The summed E-state index contributed by atoms with van der Waals surface area (Å²) in [6, 6.07) is 7.31. The maximum Gasteiger partial charge on any atom is 0.0632 e. The van der Waals surface area contributed by atoms with Crippen molar-refractivity contribution in [2.75, 3.05) is 18.1 Å². The summed E-state index contributed by atoms with van der Waals surface area (Å²) in [4.78, 5) is 1.98. The Morgan fingerprint density at radius 3 is 1.88 bits per heavy atom. The van der Waals surface area contributed by atoms with E-state index in [9.17, 15) is 10.2 Å². The van der Waals surface area contributed by atoms with Crippen LogP contribution in [0.25, 0.3) is 0 Å². The molecule has 1 aromatic rings. The van der Waals surface area contributed by atoms with E-state index in [4.69, 9.17) is 11.6 Å². The molecule has 0 bridgehead atoms. The molecule has 90 valence electrons. The lowest BCUT2D eigenvalue weighted by molar-refractivity contribution is 0.230. The molecule has 0 amide bonds. The molecular formula is C12H18ClNO2. The van der Waals surface area contributed by atoms with Crippen molar-refractivity contribution in [2.24, 2.45) is 0 Å².